The largest absolute Gasteiger partial charge is 0.497 e. The van der Waals surface area contributed by atoms with Crippen molar-refractivity contribution in [2.24, 2.45) is 0 Å². The summed E-state index contributed by atoms with van der Waals surface area (Å²) in [5.41, 5.74) is 10.1. The van der Waals surface area contributed by atoms with E-state index in [2.05, 4.69) is 119 Å². The van der Waals surface area contributed by atoms with Gasteiger partial charge in [-0.05, 0) is 79.1 Å². The van der Waals surface area contributed by atoms with Gasteiger partial charge >= 0.3 is 0 Å². The highest BCUT2D eigenvalue weighted by atomic mass is 16.5. The van der Waals surface area contributed by atoms with Crippen molar-refractivity contribution in [3.63, 3.8) is 0 Å². The number of methoxy groups -OCH3 is 1. The third kappa shape index (κ3) is 4.14. The van der Waals surface area contributed by atoms with E-state index in [9.17, 15) is 0 Å². The molecule has 0 fully saturated rings. The molecule has 2 atom stereocenters. The number of ether oxygens (including phenoxy) is 3. The molecule has 1 aliphatic carbocycles. The Morgan fingerprint density at radius 3 is 2.20 bits per heavy atom. The Morgan fingerprint density at radius 1 is 0.841 bits per heavy atom. The van der Waals surface area contributed by atoms with Gasteiger partial charge in [0.05, 0.1) is 13.7 Å². The summed E-state index contributed by atoms with van der Waals surface area (Å²) in [6.07, 6.45) is 7.30. The first-order valence-electron chi connectivity index (χ1n) is 15.4. The fourth-order valence-corrected chi connectivity index (χ4v) is 7.12. The molecule has 0 aromatic heterocycles. The lowest BCUT2D eigenvalue weighted by Crippen LogP contribution is -2.35. The van der Waals surface area contributed by atoms with E-state index < -0.39 is 11.2 Å². The SMILES string of the molecule is C=CCOC1(C)c2cc(C)ccc2-c2c1c1c(c3cc(C)ccc23)OC(c2ccc(CC)cc2)(c2ccc(OC)cc2)C=C1. The molecular weight excluding hydrogens is 540 g/mol. The maximum Gasteiger partial charge on any atom is 0.178 e. The summed E-state index contributed by atoms with van der Waals surface area (Å²) >= 11 is 0. The van der Waals surface area contributed by atoms with Crippen LogP contribution in [0.3, 0.4) is 0 Å². The van der Waals surface area contributed by atoms with E-state index in [4.69, 9.17) is 14.2 Å². The first-order valence-corrected chi connectivity index (χ1v) is 15.4. The van der Waals surface area contributed by atoms with Crippen molar-refractivity contribution in [3.8, 4) is 22.6 Å². The molecule has 2 aliphatic rings. The van der Waals surface area contributed by atoms with Gasteiger partial charge in [-0.15, -0.1) is 6.58 Å². The predicted molar refractivity (Wildman–Crippen MR) is 181 cm³/mol. The summed E-state index contributed by atoms with van der Waals surface area (Å²) in [4.78, 5) is 0. The summed E-state index contributed by atoms with van der Waals surface area (Å²) in [6.45, 7) is 13.1. The van der Waals surface area contributed by atoms with Crippen LogP contribution in [0, 0.1) is 13.8 Å². The van der Waals surface area contributed by atoms with Crippen molar-refractivity contribution in [1.29, 1.82) is 0 Å². The van der Waals surface area contributed by atoms with Crippen molar-refractivity contribution in [1.82, 2.24) is 0 Å². The lowest BCUT2D eigenvalue weighted by atomic mass is 9.80. The van der Waals surface area contributed by atoms with Crippen LogP contribution in [-0.2, 0) is 22.4 Å². The van der Waals surface area contributed by atoms with Crippen molar-refractivity contribution < 1.29 is 14.2 Å². The minimum atomic E-state index is -0.836. The fourth-order valence-electron chi connectivity index (χ4n) is 7.12. The van der Waals surface area contributed by atoms with Crippen LogP contribution in [0.25, 0.3) is 28.0 Å². The van der Waals surface area contributed by atoms with Gasteiger partial charge in [0.15, 0.2) is 5.60 Å². The van der Waals surface area contributed by atoms with Gasteiger partial charge in [-0.1, -0.05) is 96.9 Å². The highest BCUT2D eigenvalue weighted by Gasteiger charge is 2.47. The zero-order valence-electron chi connectivity index (χ0n) is 26.2. The molecule has 0 spiro atoms. The molecule has 0 saturated heterocycles. The summed E-state index contributed by atoms with van der Waals surface area (Å²) in [7, 11) is 1.70. The Hall–Kier alpha value is -4.60. The van der Waals surface area contributed by atoms with Gasteiger partial charge in [0.2, 0.25) is 0 Å². The smallest absolute Gasteiger partial charge is 0.178 e. The average molecular weight is 579 g/mol. The van der Waals surface area contributed by atoms with Gasteiger partial charge in [0, 0.05) is 27.6 Å². The minimum Gasteiger partial charge on any atom is -0.497 e. The van der Waals surface area contributed by atoms with Gasteiger partial charge in [0.25, 0.3) is 0 Å². The van der Waals surface area contributed by atoms with E-state index in [1.165, 1.54) is 38.8 Å². The molecule has 220 valence electrons. The van der Waals surface area contributed by atoms with Gasteiger partial charge in [-0.2, -0.15) is 0 Å². The lowest BCUT2D eigenvalue weighted by molar-refractivity contribution is 0.0170. The lowest BCUT2D eigenvalue weighted by Gasteiger charge is -2.39. The second-order valence-corrected chi connectivity index (χ2v) is 12.2. The summed E-state index contributed by atoms with van der Waals surface area (Å²) in [5.74, 6) is 1.69. The van der Waals surface area contributed by atoms with Crippen LogP contribution in [0.2, 0.25) is 0 Å². The van der Waals surface area contributed by atoms with Crippen molar-refractivity contribution >= 4 is 16.8 Å². The van der Waals surface area contributed by atoms with E-state index in [0.29, 0.717) is 6.61 Å². The molecule has 0 bridgehead atoms. The third-order valence-electron chi connectivity index (χ3n) is 9.44. The van der Waals surface area contributed by atoms with Crippen molar-refractivity contribution in [2.45, 2.75) is 45.3 Å². The molecule has 0 N–H and O–H groups in total. The molecule has 5 aromatic rings. The highest BCUT2D eigenvalue weighted by Crippen LogP contribution is 2.58. The van der Waals surface area contributed by atoms with Gasteiger partial charge in [0.1, 0.15) is 17.1 Å². The number of fused-ring (bicyclic) bond motifs is 8. The van der Waals surface area contributed by atoms with Gasteiger partial charge < -0.3 is 14.2 Å². The second-order valence-electron chi connectivity index (χ2n) is 12.2. The molecule has 0 radical (unpaired) electrons. The van der Waals surface area contributed by atoms with E-state index >= 15 is 0 Å². The Kier molecular flexibility index (Phi) is 6.75. The van der Waals surface area contributed by atoms with Crippen molar-refractivity contribution in [2.75, 3.05) is 13.7 Å². The van der Waals surface area contributed by atoms with Crippen LogP contribution in [0.1, 0.15) is 58.4 Å². The standard InChI is InChI=1S/C41H38O3/c1-7-23-43-40(5)36-25-27(4)10-20-33(36)37-32-19-9-26(3)24-35(32)39-34(38(37)40)21-22-41(44-39,29-13-11-28(8-2)12-14-29)30-15-17-31(42-6)18-16-30/h7,9-22,24-25H,1,8,23H2,2-6H3. The molecule has 0 amide bonds. The average Bonchev–Trinajstić information content (AvgIpc) is 3.31. The fraction of sp³-hybridized carbons (Fsp3) is 0.220. The molecule has 2 unspecified atom stereocenters. The maximum atomic E-state index is 7.45. The first-order chi connectivity index (χ1) is 21.3. The molecular formula is C41H38O3. The topological polar surface area (TPSA) is 27.7 Å². The van der Waals surface area contributed by atoms with E-state index in [1.807, 2.05) is 18.2 Å². The van der Waals surface area contributed by atoms with Crippen LogP contribution in [0.5, 0.6) is 11.5 Å². The molecule has 3 heteroatoms. The van der Waals surface area contributed by atoms with Crippen LogP contribution >= 0.6 is 0 Å². The second kappa shape index (κ2) is 10.5. The summed E-state index contributed by atoms with van der Waals surface area (Å²) in [6, 6.07) is 30.5. The zero-order chi connectivity index (χ0) is 30.6. The normalized spacial score (nSPS) is 19.7. The molecule has 7 rings (SSSR count). The Labute approximate surface area is 260 Å². The molecule has 44 heavy (non-hydrogen) atoms. The molecule has 5 aromatic carbocycles. The number of benzene rings is 5. The van der Waals surface area contributed by atoms with Crippen LogP contribution in [-0.4, -0.2) is 13.7 Å². The van der Waals surface area contributed by atoms with Crippen LogP contribution in [0.15, 0.2) is 104 Å². The number of hydrogen-bond acceptors (Lipinski definition) is 3. The predicted octanol–water partition coefficient (Wildman–Crippen LogP) is 9.82. The molecule has 1 aliphatic heterocycles. The number of hydrogen-bond donors (Lipinski definition) is 0. The Bertz CT molecular complexity index is 1900. The highest BCUT2D eigenvalue weighted by molar-refractivity contribution is 6.08. The van der Waals surface area contributed by atoms with E-state index in [0.717, 1.165) is 45.6 Å². The van der Waals surface area contributed by atoms with E-state index in [1.54, 1.807) is 7.11 Å². The molecule has 0 saturated carbocycles. The van der Waals surface area contributed by atoms with Gasteiger partial charge in [-0.3, -0.25) is 0 Å². The van der Waals surface area contributed by atoms with Crippen LogP contribution in [0.4, 0.5) is 0 Å². The van der Waals surface area contributed by atoms with Gasteiger partial charge in [-0.25, -0.2) is 0 Å². The monoisotopic (exact) mass is 578 g/mol. The summed E-state index contributed by atoms with van der Waals surface area (Å²) in [5, 5.41) is 2.27. The van der Waals surface area contributed by atoms with Crippen molar-refractivity contribution in [3.05, 3.63) is 148 Å². The number of aryl methyl sites for hydroxylation is 3. The molecule has 3 nitrogen and oxygen atoms in total. The van der Waals surface area contributed by atoms with Crippen LogP contribution < -0.4 is 9.47 Å². The Morgan fingerprint density at radius 2 is 1.52 bits per heavy atom. The maximum absolute atomic E-state index is 7.45. The van der Waals surface area contributed by atoms with E-state index in [-0.39, 0.29) is 0 Å². The zero-order valence-corrected chi connectivity index (χ0v) is 26.2. The minimum absolute atomic E-state index is 0.439. The summed E-state index contributed by atoms with van der Waals surface area (Å²) < 4.78 is 19.7. The quantitative estimate of drug-likeness (QED) is 0.180. The first kappa shape index (κ1) is 28.2. The third-order valence-corrected chi connectivity index (χ3v) is 9.44. The number of rotatable bonds is 7. The molecule has 1 heterocycles. The Balaban J connectivity index is 1.55.